The second kappa shape index (κ2) is 7.93. The summed E-state index contributed by atoms with van der Waals surface area (Å²) in [7, 11) is 3.09. The Labute approximate surface area is 142 Å². The van der Waals surface area contributed by atoms with Gasteiger partial charge >= 0.3 is 0 Å². The summed E-state index contributed by atoms with van der Waals surface area (Å²) in [5.41, 5.74) is 0.744. The zero-order chi connectivity index (χ0) is 16.8. The number of tetrazole rings is 1. The number of aromatic nitrogens is 4. The molecule has 1 N–H and O–H groups in total. The molecular formula is C13H15ClN6O2S. The monoisotopic (exact) mass is 354 g/mol. The molecule has 0 saturated heterocycles. The van der Waals surface area contributed by atoms with Crippen LogP contribution in [0.1, 0.15) is 0 Å². The lowest BCUT2D eigenvalue weighted by Crippen LogP contribution is -2.37. The highest BCUT2D eigenvalue weighted by atomic mass is 35.5. The number of nitrogens with zero attached hydrogens (tertiary/aromatic N) is 5. The van der Waals surface area contributed by atoms with E-state index in [1.165, 1.54) is 28.4 Å². The van der Waals surface area contributed by atoms with E-state index in [1.54, 1.807) is 31.3 Å². The Hall–Kier alpha value is -2.13. The van der Waals surface area contributed by atoms with Crippen molar-refractivity contribution in [1.82, 2.24) is 30.4 Å². The van der Waals surface area contributed by atoms with Crippen LogP contribution in [-0.2, 0) is 9.59 Å². The molecule has 0 spiro atoms. The smallest absolute Gasteiger partial charge is 0.239 e. The third-order valence-corrected chi connectivity index (χ3v) is 4.08. The van der Waals surface area contributed by atoms with Gasteiger partial charge in [-0.2, -0.15) is 4.68 Å². The van der Waals surface area contributed by atoms with Crippen molar-refractivity contribution in [2.24, 2.45) is 0 Å². The van der Waals surface area contributed by atoms with Gasteiger partial charge in [-0.15, -0.1) is 5.10 Å². The van der Waals surface area contributed by atoms with Gasteiger partial charge in [-0.05, 0) is 34.7 Å². The van der Waals surface area contributed by atoms with Crippen molar-refractivity contribution in [2.75, 3.05) is 26.4 Å². The highest BCUT2D eigenvalue weighted by Crippen LogP contribution is 2.19. The molecule has 1 heterocycles. The molecule has 2 aromatic rings. The maximum absolute atomic E-state index is 12.0. The Morgan fingerprint density at radius 1 is 1.35 bits per heavy atom. The van der Waals surface area contributed by atoms with E-state index in [9.17, 15) is 9.59 Å². The SMILES string of the molecule is CNC(=O)CN(C)C(=O)CSc1nnnn1-c1ccc(Cl)cc1. The van der Waals surface area contributed by atoms with Crippen molar-refractivity contribution in [2.45, 2.75) is 5.16 Å². The number of halogens is 1. The van der Waals surface area contributed by atoms with Gasteiger partial charge in [0, 0.05) is 19.1 Å². The van der Waals surface area contributed by atoms with Crippen molar-refractivity contribution in [3.8, 4) is 5.69 Å². The predicted molar refractivity (Wildman–Crippen MR) is 86.6 cm³/mol. The van der Waals surface area contributed by atoms with Gasteiger partial charge in [0.15, 0.2) is 0 Å². The molecule has 2 rings (SSSR count). The molecule has 23 heavy (non-hydrogen) atoms. The summed E-state index contributed by atoms with van der Waals surface area (Å²) in [5.74, 6) is -0.289. The fraction of sp³-hybridized carbons (Fsp3) is 0.308. The van der Waals surface area contributed by atoms with Crippen LogP contribution >= 0.6 is 23.4 Å². The van der Waals surface area contributed by atoms with E-state index in [1.807, 2.05) is 0 Å². The number of carbonyl (C=O) groups excluding carboxylic acids is 2. The summed E-state index contributed by atoms with van der Waals surface area (Å²) in [6, 6.07) is 7.02. The van der Waals surface area contributed by atoms with Crippen LogP contribution in [0.25, 0.3) is 5.69 Å². The average molecular weight is 355 g/mol. The fourth-order valence-corrected chi connectivity index (χ4v) is 2.59. The van der Waals surface area contributed by atoms with Gasteiger partial charge < -0.3 is 10.2 Å². The second-order valence-electron chi connectivity index (χ2n) is 4.56. The number of hydrogen-bond acceptors (Lipinski definition) is 6. The van der Waals surface area contributed by atoms with Crippen LogP contribution in [0.4, 0.5) is 0 Å². The molecule has 0 unspecified atom stereocenters. The third-order valence-electron chi connectivity index (χ3n) is 2.92. The summed E-state index contributed by atoms with van der Waals surface area (Å²) >= 11 is 7.05. The van der Waals surface area contributed by atoms with E-state index in [-0.39, 0.29) is 24.1 Å². The molecule has 0 aliphatic heterocycles. The lowest BCUT2D eigenvalue weighted by atomic mass is 10.3. The van der Waals surface area contributed by atoms with Crippen LogP contribution in [0.2, 0.25) is 5.02 Å². The van der Waals surface area contributed by atoms with Gasteiger partial charge in [0.25, 0.3) is 0 Å². The molecule has 0 aliphatic rings. The third kappa shape index (κ3) is 4.67. The van der Waals surface area contributed by atoms with Gasteiger partial charge in [-0.3, -0.25) is 9.59 Å². The van der Waals surface area contributed by atoms with Crippen molar-refractivity contribution in [3.05, 3.63) is 29.3 Å². The fourth-order valence-electron chi connectivity index (χ4n) is 1.63. The molecule has 0 fully saturated rings. The zero-order valence-electron chi connectivity index (χ0n) is 12.6. The summed E-state index contributed by atoms with van der Waals surface area (Å²) in [4.78, 5) is 24.6. The van der Waals surface area contributed by atoms with E-state index in [0.29, 0.717) is 10.2 Å². The number of amides is 2. The van der Waals surface area contributed by atoms with Gasteiger partial charge in [-0.1, -0.05) is 23.4 Å². The first-order valence-corrected chi connectivity index (χ1v) is 7.99. The molecule has 1 aromatic heterocycles. The normalized spacial score (nSPS) is 10.4. The van der Waals surface area contributed by atoms with Gasteiger partial charge in [-0.25, -0.2) is 0 Å². The number of rotatable bonds is 6. The Kier molecular flexibility index (Phi) is 5.94. The van der Waals surface area contributed by atoms with Crippen LogP contribution in [0.15, 0.2) is 29.4 Å². The molecule has 0 bridgehead atoms. The maximum atomic E-state index is 12.0. The lowest BCUT2D eigenvalue weighted by Gasteiger charge is -2.15. The van der Waals surface area contributed by atoms with Crippen LogP contribution < -0.4 is 5.32 Å². The number of thioether (sulfide) groups is 1. The number of benzene rings is 1. The first kappa shape index (κ1) is 17.2. The minimum Gasteiger partial charge on any atom is -0.358 e. The van der Waals surface area contributed by atoms with Gasteiger partial charge in [0.05, 0.1) is 18.0 Å². The molecular weight excluding hydrogens is 340 g/mol. The van der Waals surface area contributed by atoms with Gasteiger partial charge in [0.2, 0.25) is 17.0 Å². The first-order chi connectivity index (χ1) is 11.0. The molecule has 0 saturated carbocycles. The molecule has 0 radical (unpaired) electrons. The standard InChI is InChI=1S/C13H15ClN6O2S/c1-15-11(21)7-19(2)12(22)8-23-13-16-17-18-20(13)10-5-3-9(14)4-6-10/h3-6H,7-8H2,1-2H3,(H,15,21). The highest BCUT2D eigenvalue weighted by Gasteiger charge is 2.15. The van der Waals surface area contributed by atoms with Crippen LogP contribution in [0, 0.1) is 0 Å². The van der Waals surface area contributed by atoms with E-state index in [0.717, 1.165) is 5.69 Å². The maximum Gasteiger partial charge on any atom is 0.239 e. The van der Waals surface area contributed by atoms with Crippen molar-refractivity contribution < 1.29 is 9.59 Å². The zero-order valence-corrected chi connectivity index (χ0v) is 14.1. The number of likely N-dealkylation sites (N-methyl/N-ethyl adjacent to an activating group) is 2. The molecule has 0 aliphatic carbocycles. The Morgan fingerprint density at radius 2 is 2.04 bits per heavy atom. The molecule has 0 atom stereocenters. The average Bonchev–Trinajstić information content (AvgIpc) is 3.01. The quantitative estimate of drug-likeness (QED) is 0.764. The van der Waals surface area contributed by atoms with Crippen LogP contribution in [0.3, 0.4) is 0 Å². The topological polar surface area (TPSA) is 93.0 Å². The van der Waals surface area contributed by atoms with E-state index < -0.39 is 0 Å². The molecule has 122 valence electrons. The molecule has 8 nitrogen and oxygen atoms in total. The Morgan fingerprint density at radius 3 is 2.70 bits per heavy atom. The largest absolute Gasteiger partial charge is 0.358 e. The van der Waals surface area contributed by atoms with Gasteiger partial charge in [0.1, 0.15) is 0 Å². The molecule has 1 aromatic carbocycles. The Balaban J connectivity index is 1.99. The highest BCUT2D eigenvalue weighted by molar-refractivity contribution is 7.99. The predicted octanol–water partition coefficient (Wildman–Crippen LogP) is 0.612. The minimum absolute atomic E-state index is 0.0119. The molecule has 10 heteroatoms. The number of carbonyl (C=O) groups is 2. The minimum atomic E-state index is -0.225. The first-order valence-electron chi connectivity index (χ1n) is 6.63. The Bertz CT molecular complexity index is 690. The second-order valence-corrected chi connectivity index (χ2v) is 5.94. The van der Waals surface area contributed by atoms with Crippen molar-refractivity contribution in [1.29, 1.82) is 0 Å². The number of nitrogens with one attached hydrogen (secondary N) is 1. The lowest BCUT2D eigenvalue weighted by molar-refractivity contribution is -0.132. The van der Waals surface area contributed by atoms with E-state index in [4.69, 9.17) is 11.6 Å². The van der Waals surface area contributed by atoms with Crippen LogP contribution in [0.5, 0.6) is 0 Å². The van der Waals surface area contributed by atoms with Crippen molar-refractivity contribution in [3.63, 3.8) is 0 Å². The summed E-state index contributed by atoms with van der Waals surface area (Å²) in [6.45, 7) is 0.0119. The van der Waals surface area contributed by atoms with E-state index >= 15 is 0 Å². The number of hydrogen-bond donors (Lipinski definition) is 1. The summed E-state index contributed by atoms with van der Waals surface area (Å²) in [6.07, 6.45) is 0. The summed E-state index contributed by atoms with van der Waals surface area (Å²) < 4.78 is 1.52. The summed E-state index contributed by atoms with van der Waals surface area (Å²) in [5, 5.41) is 15.0. The molecule has 2 amide bonds. The van der Waals surface area contributed by atoms with Crippen molar-refractivity contribution >= 4 is 35.2 Å². The van der Waals surface area contributed by atoms with Crippen LogP contribution in [-0.4, -0.2) is 63.3 Å². The van der Waals surface area contributed by atoms with E-state index in [2.05, 4.69) is 20.8 Å².